The molecule has 1 saturated carbocycles. The lowest BCUT2D eigenvalue weighted by Gasteiger charge is -2.41. The Hall–Kier alpha value is -4.38. The number of likely N-dealkylation sites (tertiary alicyclic amines) is 1. The first-order valence-corrected chi connectivity index (χ1v) is 21.8. The maximum absolute atomic E-state index is 14.0. The molecule has 7 rings (SSSR count). The van der Waals surface area contributed by atoms with Crippen molar-refractivity contribution in [2.75, 3.05) is 46.4 Å². The van der Waals surface area contributed by atoms with Gasteiger partial charge < -0.3 is 19.4 Å². The smallest absolute Gasteiger partial charge is 0.329 e. The highest BCUT2D eigenvalue weighted by molar-refractivity contribution is 6.40. The number of piperidine rings is 1. The maximum Gasteiger partial charge on any atom is 0.329 e. The van der Waals surface area contributed by atoms with Crippen molar-refractivity contribution in [3.63, 3.8) is 0 Å². The van der Waals surface area contributed by atoms with Gasteiger partial charge in [0.25, 0.3) is 0 Å². The quantitative estimate of drug-likeness (QED) is 0.110. The molecule has 0 spiro atoms. The van der Waals surface area contributed by atoms with E-state index in [0.29, 0.717) is 45.5 Å². The summed E-state index contributed by atoms with van der Waals surface area (Å²) in [4.78, 5) is 49.0. The highest BCUT2D eigenvalue weighted by atomic mass is 35.5. The number of hydrogen-bond donors (Lipinski definition) is 0. The number of likely N-dealkylation sites (N-methyl/N-ethyl adjacent to an activating group) is 1. The molecule has 1 saturated heterocycles. The van der Waals surface area contributed by atoms with Crippen LogP contribution >= 0.6 is 46.4 Å². The van der Waals surface area contributed by atoms with E-state index in [4.69, 9.17) is 51.1 Å². The van der Waals surface area contributed by atoms with Gasteiger partial charge in [-0.2, -0.15) is 0 Å². The molecule has 1 aliphatic carbocycles. The minimum absolute atomic E-state index is 0.152. The SMILES string of the molecule is CC(=O)C1(c2ccccc2)CCN(C[C@@H]2C[C@@]2(C(=O)N(C)Cc2ccccc2)c2ccc(Cl)cc2)CC1.CCCN(CCOc1c(Cl)cc(Cl)cc1Cl)C(=O)n1ccnc1. The number of amides is 2. The molecule has 2 fully saturated rings. The number of halogens is 4. The van der Waals surface area contributed by atoms with Gasteiger partial charge in [0.15, 0.2) is 5.75 Å². The molecule has 2 atom stereocenters. The Morgan fingerprint density at radius 3 is 2.05 bits per heavy atom. The van der Waals surface area contributed by atoms with Crippen LogP contribution in [0.3, 0.4) is 0 Å². The van der Waals surface area contributed by atoms with Crippen molar-refractivity contribution in [2.45, 2.75) is 56.9 Å². The second-order valence-corrected chi connectivity index (χ2v) is 17.3. The number of ether oxygens (including phenoxy) is 1. The zero-order valence-corrected chi connectivity index (χ0v) is 37.2. The normalized spacial score (nSPS) is 18.1. The Morgan fingerprint density at radius 2 is 1.47 bits per heavy atom. The molecular formula is C47H51Cl4N5O4. The third-order valence-corrected chi connectivity index (χ3v) is 12.7. The minimum atomic E-state index is -0.525. The number of carbonyl (C=O) groups excluding carboxylic acids is 3. The van der Waals surface area contributed by atoms with Crippen LogP contribution in [0.15, 0.2) is 116 Å². The first-order valence-electron chi connectivity index (χ1n) is 20.3. The lowest BCUT2D eigenvalue weighted by atomic mass is 9.70. The van der Waals surface area contributed by atoms with E-state index in [0.717, 1.165) is 62.0 Å². The zero-order chi connectivity index (χ0) is 42.9. The van der Waals surface area contributed by atoms with Crippen LogP contribution in [0.5, 0.6) is 5.75 Å². The van der Waals surface area contributed by atoms with Crippen LogP contribution in [0.1, 0.15) is 56.2 Å². The van der Waals surface area contributed by atoms with Crippen LogP contribution in [0.2, 0.25) is 20.1 Å². The highest BCUT2D eigenvalue weighted by Gasteiger charge is 2.62. The number of benzene rings is 4. The standard InChI is InChI=1S/C32H35ClN2O2.C15H16Cl3N3O2/c1-24(36)31(26-11-7-4-8-12-26)17-19-35(20-18-31)23-28-21-32(28,27-13-15-29(33)16-14-27)30(37)34(2)22-25-9-5-3-6-10-25;1-2-4-20(15(22)21-5-3-19-10-21)6-7-23-14-12(17)8-11(16)9-13(14)18/h3-16,28H,17-23H2,1-2H3;3,5,8-10H,2,4,6-7H2,1H3/t28-,32+;/m0./s1. The van der Waals surface area contributed by atoms with E-state index in [-0.39, 0.29) is 30.2 Å². The zero-order valence-electron chi connectivity index (χ0n) is 34.2. The van der Waals surface area contributed by atoms with Gasteiger partial charge in [-0.05, 0) is 92.6 Å². The third kappa shape index (κ3) is 10.6. The fourth-order valence-electron chi connectivity index (χ4n) is 8.37. The summed E-state index contributed by atoms with van der Waals surface area (Å²) in [6.07, 6.45) is 7.94. The molecule has 5 aromatic rings. The predicted molar refractivity (Wildman–Crippen MR) is 240 cm³/mol. The van der Waals surface area contributed by atoms with Crippen molar-refractivity contribution in [3.05, 3.63) is 153 Å². The van der Waals surface area contributed by atoms with Gasteiger partial charge in [-0.3, -0.25) is 14.2 Å². The van der Waals surface area contributed by atoms with Gasteiger partial charge in [-0.25, -0.2) is 9.78 Å². The Labute approximate surface area is 373 Å². The predicted octanol–water partition coefficient (Wildman–Crippen LogP) is 10.5. The maximum atomic E-state index is 14.0. The van der Waals surface area contributed by atoms with E-state index in [2.05, 4.69) is 34.1 Å². The number of ketones is 1. The van der Waals surface area contributed by atoms with E-state index < -0.39 is 10.8 Å². The van der Waals surface area contributed by atoms with Crippen LogP contribution < -0.4 is 4.74 Å². The topological polar surface area (TPSA) is 88.0 Å². The Bertz CT molecular complexity index is 2180. The third-order valence-electron chi connectivity index (χ3n) is 11.7. The molecule has 2 heterocycles. The molecule has 316 valence electrons. The number of nitrogens with zero attached hydrogens (tertiary/aromatic N) is 5. The van der Waals surface area contributed by atoms with Crippen molar-refractivity contribution < 1.29 is 19.1 Å². The fourth-order valence-corrected chi connectivity index (χ4v) is 9.42. The van der Waals surface area contributed by atoms with Gasteiger partial charge in [0.1, 0.15) is 18.7 Å². The van der Waals surface area contributed by atoms with Crippen LogP contribution in [0.4, 0.5) is 4.79 Å². The molecule has 9 nitrogen and oxygen atoms in total. The second kappa shape index (κ2) is 20.5. The number of Topliss-reactive ketones (excluding diaryl/α,β-unsaturated/α-hetero) is 1. The van der Waals surface area contributed by atoms with E-state index in [1.165, 1.54) is 10.9 Å². The number of aromatic nitrogens is 2. The minimum Gasteiger partial charge on any atom is -0.489 e. The molecule has 0 radical (unpaired) electrons. The summed E-state index contributed by atoms with van der Waals surface area (Å²) < 4.78 is 7.05. The second-order valence-electron chi connectivity index (χ2n) is 15.6. The van der Waals surface area contributed by atoms with Crippen LogP contribution in [-0.4, -0.2) is 88.4 Å². The van der Waals surface area contributed by atoms with Crippen molar-refractivity contribution in [1.82, 2.24) is 24.3 Å². The van der Waals surface area contributed by atoms with Crippen LogP contribution in [0.25, 0.3) is 0 Å². The Morgan fingerprint density at radius 1 is 0.833 bits per heavy atom. The average molecular weight is 892 g/mol. The molecule has 0 unspecified atom stereocenters. The van der Waals surface area contributed by atoms with Crippen molar-refractivity contribution in [1.29, 1.82) is 0 Å². The van der Waals surface area contributed by atoms with Crippen molar-refractivity contribution in [2.24, 2.45) is 5.92 Å². The molecule has 2 amide bonds. The average Bonchev–Trinajstić information content (AvgIpc) is 3.68. The molecule has 2 aliphatic rings. The van der Waals surface area contributed by atoms with Gasteiger partial charge in [0.2, 0.25) is 5.91 Å². The highest BCUT2D eigenvalue weighted by Crippen LogP contribution is 2.56. The van der Waals surface area contributed by atoms with Gasteiger partial charge in [-0.15, -0.1) is 0 Å². The summed E-state index contributed by atoms with van der Waals surface area (Å²) in [7, 11) is 1.91. The van der Waals surface area contributed by atoms with Crippen molar-refractivity contribution in [3.8, 4) is 5.75 Å². The van der Waals surface area contributed by atoms with E-state index >= 15 is 0 Å². The van der Waals surface area contributed by atoms with Crippen molar-refractivity contribution >= 4 is 64.1 Å². The Kier molecular flexibility index (Phi) is 15.4. The number of carbonyl (C=O) groups is 3. The van der Waals surface area contributed by atoms with Gasteiger partial charge >= 0.3 is 6.03 Å². The van der Waals surface area contributed by atoms with Gasteiger partial charge in [0, 0.05) is 49.1 Å². The number of rotatable bonds is 14. The molecule has 1 aliphatic heterocycles. The monoisotopic (exact) mass is 889 g/mol. The largest absolute Gasteiger partial charge is 0.489 e. The summed E-state index contributed by atoms with van der Waals surface area (Å²) in [5.74, 6) is 1.02. The van der Waals surface area contributed by atoms with Crippen LogP contribution in [0, 0.1) is 5.92 Å². The van der Waals surface area contributed by atoms with Gasteiger partial charge in [0.05, 0.1) is 27.4 Å². The van der Waals surface area contributed by atoms with E-state index in [1.807, 2.05) is 79.5 Å². The lowest BCUT2D eigenvalue weighted by molar-refractivity contribution is -0.133. The molecule has 60 heavy (non-hydrogen) atoms. The molecular weight excluding hydrogens is 840 g/mol. The number of hydrogen-bond acceptors (Lipinski definition) is 6. The molecule has 4 aromatic carbocycles. The van der Waals surface area contributed by atoms with E-state index in [9.17, 15) is 14.4 Å². The fraction of sp³-hybridized carbons (Fsp3) is 0.362. The summed E-state index contributed by atoms with van der Waals surface area (Å²) in [5, 5.41) is 1.80. The molecule has 13 heteroatoms. The summed E-state index contributed by atoms with van der Waals surface area (Å²) in [5.41, 5.74) is 2.37. The van der Waals surface area contributed by atoms with E-state index in [1.54, 1.807) is 36.4 Å². The summed E-state index contributed by atoms with van der Waals surface area (Å²) >= 11 is 24.2. The van der Waals surface area contributed by atoms with Gasteiger partial charge in [-0.1, -0.05) is 126 Å². The molecule has 1 aromatic heterocycles. The lowest BCUT2D eigenvalue weighted by Crippen LogP contribution is -2.47. The number of imidazole rings is 1. The first kappa shape index (κ1) is 45.2. The van der Waals surface area contributed by atoms with Crippen LogP contribution in [-0.2, 0) is 27.0 Å². The first-order chi connectivity index (χ1) is 28.9. The molecule has 0 N–H and O–H groups in total. The molecule has 0 bridgehead atoms. The summed E-state index contributed by atoms with van der Waals surface area (Å²) in [6.45, 7) is 8.17. The summed E-state index contributed by atoms with van der Waals surface area (Å²) in [6, 6.07) is 31.1. The Balaban J connectivity index is 0.000000226.